The zero-order valence-corrected chi connectivity index (χ0v) is 18.1. The highest BCUT2D eigenvalue weighted by Crippen LogP contribution is 2.39. The van der Waals surface area contributed by atoms with Crippen molar-refractivity contribution in [2.45, 2.75) is 72.2 Å². The molecule has 1 aliphatic carbocycles. The summed E-state index contributed by atoms with van der Waals surface area (Å²) in [6, 6.07) is 0. The fourth-order valence-corrected chi connectivity index (χ4v) is 3.93. The monoisotopic (exact) mass is 452 g/mol. The molecule has 1 fully saturated rings. The van der Waals surface area contributed by atoms with E-state index in [9.17, 15) is 0 Å². The van der Waals surface area contributed by atoms with Crippen molar-refractivity contribution in [2.24, 2.45) is 0 Å². The molecule has 0 aromatic rings. The summed E-state index contributed by atoms with van der Waals surface area (Å²) >= 11 is 35.3. The van der Waals surface area contributed by atoms with Crippen molar-refractivity contribution in [1.29, 1.82) is 0 Å². The molecular formula is C14H26Cl6O3. The summed E-state index contributed by atoms with van der Waals surface area (Å²) in [5, 5.41) is 12.6. The molecule has 0 amide bonds. The van der Waals surface area contributed by atoms with E-state index < -0.39 is 32.3 Å². The first kappa shape index (κ1) is 26.8. The van der Waals surface area contributed by atoms with Gasteiger partial charge in [0.2, 0.25) is 0 Å². The van der Waals surface area contributed by atoms with Crippen LogP contribution in [0.2, 0.25) is 0 Å². The second-order valence-corrected chi connectivity index (χ2v) is 8.37. The van der Waals surface area contributed by atoms with Crippen LogP contribution < -0.4 is 0 Å². The summed E-state index contributed by atoms with van der Waals surface area (Å²) < 4.78 is 5.25. The number of aliphatic hydroxyl groups is 2. The van der Waals surface area contributed by atoms with E-state index in [1.165, 1.54) is 0 Å². The van der Waals surface area contributed by atoms with E-state index in [0.29, 0.717) is 12.2 Å². The lowest BCUT2D eigenvalue weighted by molar-refractivity contribution is 0.0300. The molecule has 0 heterocycles. The molecule has 0 radical (unpaired) electrons. The topological polar surface area (TPSA) is 49.7 Å². The maximum Gasteiger partial charge on any atom is 0.0693 e. The van der Waals surface area contributed by atoms with Crippen LogP contribution in [0.15, 0.2) is 0 Å². The molecule has 1 saturated carbocycles. The lowest BCUT2D eigenvalue weighted by Crippen LogP contribution is -2.52. The Kier molecular flexibility index (Phi) is 17.2. The Morgan fingerprint density at radius 3 is 0.826 bits per heavy atom. The van der Waals surface area contributed by atoms with Crippen LogP contribution >= 0.6 is 69.6 Å². The molecule has 0 saturated heterocycles. The summed E-state index contributed by atoms with van der Waals surface area (Å²) in [6.45, 7) is 7.92. The standard InChI is InChI=1S/C6H6Cl6.C6H14O.C2H6O2/c7-1-2(8)4(10)6(12)5(11)3(1)9;1-5(2)7-6(3)4;3-1-2-4/h1-6H;5-6H,1-4H3;3-4H,1-2H2. The average Bonchev–Trinajstić information content (AvgIpc) is 2.48. The summed E-state index contributed by atoms with van der Waals surface area (Å²) in [6.07, 6.45) is 0.750. The van der Waals surface area contributed by atoms with Gasteiger partial charge in [-0.2, -0.15) is 0 Å². The largest absolute Gasteiger partial charge is 0.394 e. The number of halogens is 6. The molecular weight excluding hydrogens is 429 g/mol. The first-order valence-electron chi connectivity index (χ1n) is 7.22. The molecule has 2 N–H and O–H groups in total. The first-order valence-corrected chi connectivity index (χ1v) is 9.84. The summed E-state index contributed by atoms with van der Waals surface area (Å²) in [5.74, 6) is 0. The second kappa shape index (κ2) is 14.8. The Balaban J connectivity index is 0. The maximum atomic E-state index is 7.62. The molecule has 1 rings (SSSR count). The Morgan fingerprint density at radius 2 is 0.783 bits per heavy atom. The van der Waals surface area contributed by atoms with Crippen molar-refractivity contribution >= 4 is 69.6 Å². The average molecular weight is 455 g/mol. The van der Waals surface area contributed by atoms with Gasteiger partial charge in [-0.3, -0.25) is 0 Å². The van der Waals surface area contributed by atoms with Gasteiger partial charge in [-0.15, -0.1) is 69.6 Å². The lowest BCUT2D eigenvalue weighted by Gasteiger charge is -2.37. The molecule has 0 aromatic heterocycles. The Morgan fingerprint density at radius 1 is 0.609 bits per heavy atom. The molecule has 23 heavy (non-hydrogen) atoms. The zero-order chi connectivity index (χ0) is 18.7. The lowest BCUT2D eigenvalue weighted by atomic mass is 9.97. The van der Waals surface area contributed by atoms with Crippen LogP contribution in [-0.2, 0) is 4.74 Å². The maximum absolute atomic E-state index is 7.62. The van der Waals surface area contributed by atoms with Crippen LogP contribution in [-0.4, -0.2) is 67.9 Å². The molecule has 0 atom stereocenters. The van der Waals surface area contributed by atoms with Gasteiger partial charge in [0, 0.05) is 0 Å². The third-order valence-corrected chi connectivity index (χ3v) is 6.50. The van der Waals surface area contributed by atoms with E-state index in [4.69, 9.17) is 84.6 Å². The van der Waals surface area contributed by atoms with Crippen LogP contribution in [0.1, 0.15) is 27.7 Å². The highest BCUT2D eigenvalue weighted by molar-refractivity contribution is 6.45. The molecule has 142 valence electrons. The third kappa shape index (κ3) is 11.8. The number of ether oxygens (including phenoxy) is 1. The minimum absolute atomic E-state index is 0.125. The predicted octanol–water partition coefficient (Wildman–Crippen LogP) is 4.44. The molecule has 0 bridgehead atoms. The van der Waals surface area contributed by atoms with E-state index in [0.717, 1.165) is 0 Å². The second-order valence-electron chi connectivity index (χ2n) is 5.35. The molecule has 9 heteroatoms. The van der Waals surface area contributed by atoms with Crippen molar-refractivity contribution in [3.05, 3.63) is 0 Å². The van der Waals surface area contributed by atoms with Gasteiger partial charge >= 0.3 is 0 Å². The molecule has 0 aromatic carbocycles. The van der Waals surface area contributed by atoms with E-state index in [1.807, 2.05) is 27.7 Å². The Labute approximate surface area is 169 Å². The van der Waals surface area contributed by atoms with Gasteiger partial charge in [-0.05, 0) is 27.7 Å². The van der Waals surface area contributed by atoms with Crippen LogP contribution in [0.25, 0.3) is 0 Å². The number of rotatable bonds is 3. The number of hydrogen-bond donors (Lipinski definition) is 2. The molecule has 0 unspecified atom stereocenters. The van der Waals surface area contributed by atoms with E-state index >= 15 is 0 Å². The smallest absolute Gasteiger partial charge is 0.0693 e. The predicted molar refractivity (Wildman–Crippen MR) is 103 cm³/mol. The number of hydrogen-bond acceptors (Lipinski definition) is 3. The van der Waals surface area contributed by atoms with Crippen molar-refractivity contribution in [2.75, 3.05) is 13.2 Å². The summed E-state index contributed by atoms with van der Waals surface area (Å²) in [4.78, 5) is 0. The summed E-state index contributed by atoms with van der Waals surface area (Å²) in [5.41, 5.74) is 0. The van der Waals surface area contributed by atoms with Gasteiger partial charge in [-0.1, -0.05) is 0 Å². The van der Waals surface area contributed by atoms with Crippen LogP contribution in [0.3, 0.4) is 0 Å². The van der Waals surface area contributed by atoms with Crippen LogP contribution in [0.5, 0.6) is 0 Å². The van der Waals surface area contributed by atoms with Crippen molar-refractivity contribution in [1.82, 2.24) is 0 Å². The highest BCUT2D eigenvalue weighted by Gasteiger charge is 2.46. The molecule has 0 aliphatic heterocycles. The van der Waals surface area contributed by atoms with E-state index in [-0.39, 0.29) is 13.2 Å². The van der Waals surface area contributed by atoms with Gasteiger partial charge < -0.3 is 14.9 Å². The Hall–Kier alpha value is 1.62. The van der Waals surface area contributed by atoms with Gasteiger partial charge in [0.15, 0.2) is 0 Å². The van der Waals surface area contributed by atoms with Gasteiger partial charge in [-0.25, -0.2) is 0 Å². The fourth-order valence-electron chi connectivity index (χ4n) is 1.60. The number of aliphatic hydroxyl groups excluding tert-OH is 2. The first-order chi connectivity index (χ1) is 10.5. The molecule has 1 aliphatic rings. The normalized spacial score (nSPS) is 33.7. The molecule has 0 spiro atoms. The van der Waals surface area contributed by atoms with E-state index in [1.54, 1.807) is 0 Å². The van der Waals surface area contributed by atoms with Crippen LogP contribution in [0.4, 0.5) is 0 Å². The van der Waals surface area contributed by atoms with Crippen molar-refractivity contribution in [3.8, 4) is 0 Å². The SMILES string of the molecule is CC(C)OC(C)C.ClC1C(Cl)C(Cl)C(Cl)C(Cl)C1Cl.OCCO. The van der Waals surface area contributed by atoms with Crippen LogP contribution in [0, 0.1) is 0 Å². The minimum atomic E-state index is -0.437. The molecule has 3 nitrogen and oxygen atoms in total. The third-order valence-electron chi connectivity index (χ3n) is 2.47. The fraction of sp³-hybridized carbons (Fsp3) is 1.00. The van der Waals surface area contributed by atoms with E-state index in [2.05, 4.69) is 0 Å². The van der Waals surface area contributed by atoms with Gasteiger partial charge in [0.25, 0.3) is 0 Å². The highest BCUT2D eigenvalue weighted by atomic mass is 35.5. The zero-order valence-electron chi connectivity index (χ0n) is 13.6. The minimum Gasteiger partial charge on any atom is -0.394 e. The van der Waals surface area contributed by atoms with Gasteiger partial charge in [0.05, 0.1) is 57.7 Å². The summed E-state index contributed by atoms with van der Waals surface area (Å²) in [7, 11) is 0. The van der Waals surface area contributed by atoms with Gasteiger partial charge in [0.1, 0.15) is 0 Å². The quantitative estimate of drug-likeness (QED) is 0.620. The Bertz CT molecular complexity index is 217. The number of alkyl halides is 6. The van der Waals surface area contributed by atoms with Crippen molar-refractivity contribution < 1.29 is 14.9 Å². The van der Waals surface area contributed by atoms with Crippen molar-refractivity contribution in [3.63, 3.8) is 0 Å².